The Labute approximate surface area is 65.3 Å². The molecule has 6 heteroatoms. The monoisotopic (exact) mass is 188 g/mol. The SMILES string of the molecule is CC(=O)C(Cl)=C(O)C(F)(F)F. The summed E-state index contributed by atoms with van der Waals surface area (Å²) >= 11 is 4.81. The minimum absolute atomic E-state index is 0.824. The van der Waals surface area contributed by atoms with Crippen molar-refractivity contribution in [2.45, 2.75) is 13.1 Å². The summed E-state index contributed by atoms with van der Waals surface area (Å²) < 4.78 is 34.5. The summed E-state index contributed by atoms with van der Waals surface area (Å²) in [6, 6.07) is 0. The van der Waals surface area contributed by atoms with E-state index in [1.807, 2.05) is 0 Å². The van der Waals surface area contributed by atoms with Crippen LogP contribution in [0.4, 0.5) is 13.2 Å². The fourth-order valence-electron chi connectivity index (χ4n) is 0.291. The molecule has 0 aliphatic heterocycles. The molecule has 0 saturated heterocycles. The number of alkyl halides is 3. The molecule has 0 radical (unpaired) electrons. The Kier molecular flexibility index (Phi) is 2.92. The Morgan fingerprint density at radius 3 is 1.91 bits per heavy atom. The molecule has 64 valence electrons. The predicted octanol–water partition coefficient (Wildman–Crippen LogP) is 2.15. The molecule has 11 heavy (non-hydrogen) atoms. The molecule has 0 aliphatic carbocycles. The first-order valence-corrected chi connectivity index (χ1v) is 2.81. The van der Waals surface area contributed by atoms with Crippen molar-refractivity contribution >= 4 is 17.4 Å². The van der Waals surface area contributed by atoms with Gasteiger partial charge >= 0.3 is 6.18 Å². The summed E-state index contributed by atoms with van der Waals surface area (Å²) in [4.78, 5) is 10.2. The maximum Gasteiger partial charge on any atom is 0.450 e. The number of aliphatic hydroxyl groups excluding tert-OH is 1. The fourth-order valence-corrected chi connectivity index (χ4v) is 0.398. The Morgan fingerprint density at radius 1 is 1.45 bits per heavy atom. The van der Waals surface area contributed by atoms with Gasteiger partial charge in [-0.2, -0.15) is 13.2 Å². The molecule has 1 N–H and O–H groups in total. The number of hydrogen-bond acceptors (Lipinski definition) is 2. The standard InChI is InChI=1S/C5H4ClF3O2/c1-2(10)3(6)4(11)5(7,8)9/h11H,1H3. The van der Waals surface area contributed by atoms with Crippen molar-refractivity contribution in [3.8, 4) is 0 Å². The van der Waals surface area contributed by atoms with Crippen molar-refractivity contribution < 1.29 is 23.1 Å². The van der Waals surface area contributed by atoms with Crippen LogP contribution in [0.5, 0.6) is 0 Å². The number of hydrogen-bond donors (Lipinski definition) is 1. The minimum Gasteiger partial charge on any atom is -0.503 e. The lowest BCUT2D eigenvalue weighted by Crippen LogP contribution is -2.14. The van der Waals surface area contributed by atoms with Crippen molar-refractivity contribution in [1.82, 2.24) is 0 Å². The largest absolute Gasteiger partial charge is 0.503 e. The highest BCUT2D eigenvalue weighted by atomic mass is 35.5. The van der Waals surface area contributed by atoms with Gasteiger partial charge in [0.25, 0.3) is 0 Å². The minimum atomic E-state index is -4.96. The van der Waals surface area contributed by atoms with Crippen molar-refractivity contribution in [2.75, 3.05) is 0 Å². The number of carbonyl (C=O) groups excluding carboxylic acids is 1. The number of ketones is 1. The first-order valence-electron chi connectivity index (χ1n) is 2.43. The highest BCUT2D eigenvalue weighted by Gasteiger charge is 2.37. The van der Waals surface area contributed by atoms with E-state index in [4.69, 9.17) is 16.7 Å². The molecular formula is C5H4ClF3O2. The van der Waals surface area contributed by atoms with Gasteiger partial charge in [-0.1, -0.05) is 11.6 Å². The molecular weight excluding hydrogens is 184 g/mol. The summed E-state index contributed by atoms with van der Waals surface area (Å²) in [7, 11) is 0. The van der Waals surface area contributed by atoms with E-state index in [0.29, 0.717) is 0 Å². The van der Waals surface area contributed by atoms with Gasteiger partial charge in [-0.3, -0.25) is 4.79 Å². The average molecular weight is 189 g/mol. The molecule has 0 atom stereocenters. The lowest BCUT2D eigenvalue weighted by molar-refractivity contribution is -0.125. The predicted molar refractivity (Wildman–Crippen MR) is 32.2 cm³/mol. The smallest absolute Gasteiger partial charge is 0.450 e. The molecule has 0 aromatic carbocycles. The number of aliphatic hydroxyl groups is 1. The van der Waals surface area contributed by atoms with Crippen LogP contribution in [0.2, 0.25) is 0 Å². The lowest BCUT2D eigenvalue weighted by atomic mass is 10.3. The van der Waals surface area contributed by atoms with Crippen molar-refractivity contribution in [3.63, 3.8) is 0 Å². The lowest BCUT2D eigenvalue weighted by Gasteiger charge is -2.04. The molecule has 0 heterocycles. The van der Waals surface area contributed by atoms with Gasteiger partial charge in [-0.05, 0) is 0 Å². The molecule has 0 spiro atoms. The summed E-state index contributed by atoms with van der Waals surface area (Å²) in [5.74, 6) is -3.08. The molecule has 0 aliphatic rings. The Bertz CT molecular complexity index is 206. The van der Waals surface area contributed by atoms with Gasteiger partial charge in [0, 0.05) is 6.92 Å². The summed E-state index contributed by atoms with van der Waals surface area (Å²) in [6.45, 7) is 0.824. The first kappa shape index (κ1) is 10.3. The normalized spacial score (nSPS) is 14.3. The van der Waals surface area contributed by atoms with Gasteiger partial charge in [0.1, 0.15) is 5.03 Å². The number of carbonyl (C=O) groups is 1. The molecule has 2 nitrogen and oxygen atoms in total. The second-order valence-corrected chi connectivity index (χ2v) is 2.09. The summed E-state index contributed by atoms with van der Waals surface area (Å²) in [5, 5.41) is 7.03. The maximum atomic E-state index is 11.5. The third-order valence-electron chi connectivity index (χ3n) is 0.786. The van der Waals surface area contributed by atoms with Gasteiger partial charge < -0.3 is 5.11 Å². The van der Waals surface area contributed by atoms with Gasteiger partial charge in [0.15, 0.2) is 5.78 Å². The zero-order valence-corrected chi connectivity index (χ0v) is 6.12. The highest BCUT2D eigenvalue weighted by Crippen LogP contribution is 2.27. The van der Waals surface area contributed by atoms with Crippen LogP contribution in [0.25, 0.3) is 0 Å². The van der Waals surface area contributed by atoms with Crippen LogP contribution < -0.4 is 0 Å². The number of allylic oxidation sites excluding steroid dienone is 2. The van der Waals surface area contributed by atoms with E-state index < -0.39 is 22.8 Å². The van der Waals surface area contributed by atoms with Gasteiger partial charge in [0.2, 0.25) is 5.76 Å². The molecule has 0 saturated carbocycles. The molecule has 0 aromatic heterocycles. The van der Waals surface area contributed by atoms with E-state index in [-0.39, 0.29) is 0 Å². The second-order valence-electron chi connectivity index (χ2n) is 1.72. The van der Waals surface area contributed by atoms with Crippen LogP contribution in [-0.2, 0) is 4.79 Å². The third-order valence-corrected chi connectivity index (χ3v) is 1.23. The zero-order valence-electron chi connectivity index (χ0n) is 5.37. The number of Topliss-reactive ketones (excluding diaryl/α,β-unsaturated/α-hetero) is 1. The van der Waals surface area contributed by atoms with Crippen LogP contribution in [0.1, 0.15) is 6.92 Å². The van der Waals surface area contributed by atoms with Crippen molar-refractivity contribution in [2.24, 2.45) is 0 Å². The highest BCUT2D eigenvalue weighted by molar-refractivity contribution is 6.42. The van der Waals surface area contributed by atoms with E-state index >= 15 is 0 Å². The summed E-state index contributed by atoms with van der Waals surface area (Å²) in [6.07, 6.45) is -4.96. The van der Waals surface area contributed by atoms with E-state index in [2.05, 4.69) is 0 Å². The van der Waals surface area contributed by atoms with E-state index in [0.717, 1.165) is 6.92 Å². The van der Waals surface area contributed by atoms with Crippen LogP contribution >= 0.6 is 11.6 Å². The quantitative estimate of drug-likeness (QED) is 0.506. The Balaban J connectivity index is 4.82. The second kappa shape index (κ2) is 3.13. The van der Waals surface area contributed by atoms with Crippen LogP contribution in [0, 0.1) is 0 Å². The first-order chi connectivity index (χ1) is 4.76. The van der Waals surface area contributed by atoms with Gasteiger partial charge in [0.05, 0.1) is 0 Å². The Hall–Kier alpha value is -0.710. The molecule has 0 rings (SSSR count). The molecule has 0 bridgehead atoms. The zero-order chi connectivity index (χ0) is 9.23. The van der Waals surface area contributed by atoms with Crippen LogP contribution in [0.3, 0.4) is 0 Å². The molecule has 0 aromatic rings. The van der Waals surface area contributed by atoms with Crippen LogP contribution in [-0.4, -0.2) is 17.1 Å². The maximum absolute atomic E-state index is 11.5. The summed E-state index contributed by atoms with van der Waals surface area (Å²) in [5.41, 5.74) is 0. The molecule has 0 fully saturated rings. The van der Waals surface area contributed by atoms with Gasteiger partial charge in [-0.15, -0.1) is 0 Å². The number of rotatable bonds is 1. The molecule has 0 amide bonds. The number of halogens is 4. The average Bonchev–Trinajstić information content (AvgIpc) is 1.82. The topological polar surface area (TPSA) is 37.3 Å². The molecule has 0 unspecified atom stereocenters. The van der Waals surface area contributed by atoms with Crippen LogP contribution in [0.15, 0.2) is 10.8 Å². The Morgan fingerprint density at radius 2 is 1.82 bits per heavy atom. The fraction of sp³-hybridized carbons (Fsp3) is 0.400. The van der Waals surface area contributed by atoms with E-state index in [1.165, 1.54) is 0 Å². The van der Waals surface area contributed by atoms with Gasteiger partial charge in [-0.25, -0.2) is 0 Å². The van der Waals surface area contributed by atoms with E-state index in [1.54, 1.807) is 0 Å². The van der Waals surface area contributed by atoms with Crippen molar-refractivity contribution in [1.29, 1.82) is 0 Å². The van der Waals surface area contributed by atoms with Crippen molar-refractivity contribution in [3.05, 3.63) is 10.8 Å². The van der Waals surface area contributed by atoms with E-state index in [9.17, 15) is 18.0 Å². The third kappa shape index (κ3) is 2.80.